The summed E-state index contributed by atoms with van der Waals surface area (Å²) in [6.07, 6.45) is 7.16. The first-order chi connectivity index (χ1) is 11.2. The second-order valence-corrected chi connectivity index (χ2v) is 6.15. The van der Waals surface area contributed by atoms with Crippen LogP contribution in [0.25, 0.3) is 0 Å². The fraction of sp³-hybridized carbons (Fsp3) is 0.579. The number of esters is 1. The lowest BCUT2D eigenvalue weighted by Crippen LogP contribution is -2.36. The molecule has 1 aromatic carbocycles. The average molecular weight is 317 g/mol. The summed E-state index contributed by atoms with van der Waals surface area (Å²) < 4.78 is 5.33. The van der Waals surface area contributed by atoms with E-state index in [9.17, 15) is 9.59 Å². The van der Waals surface area contributed by atoms with Gasteiger partial charge in [0.2, 0.25) is 5.91 Å². The number of carbonyl (C=O) groups is 2. The van der Waals surface area contributed by atoms with Crippen molar-refractivity contribution >= 4 is 11.9 Å². The molecule has 0 bridgehead atoms. The highest BCUT2D eigenvalue weighted by Crippen LogP contribution is 2.19. The molecule has 1 fully saturated rings. The normalized spacial score (nSPS) is 17.3. The first kappa shape index (κ1) is 17.5. The molecule has 1 amide bonds. The van der Waals surface area contributed by atoms with Crippen LogP contribution in [-0.4, -0.2) is 29.5 Å². The molecule has 4 heteroatoms. The molecule has 4 nitrogen and oxygen atoms in total. The Morgan fingerprint density at radius 3 is 2.65 bits per heavy atom. The van der Waals surface area contributed by atoms with E-state index < -0.39 is 6.23 Å². The highest BCUT2D eigenvalue weighted by molar-refractivity contribution is 5.84. The maximum absolute atomic E-state index is 12.3. The molecule has 0 spiro atoms. The van der Waals surface area contributed by atoms with E-state index >= 15 is 0 Å². The van der Waals surface area contributed by atoms with Crippen LogP contribution in [-0.2, 0) is 20.7 Å². The highest BCUT2D eigenvalue weighted by Gasteiger charge is 2.34. The Kier molecular flexibility index (Phi) is 7.11. The number of nitrogens with zero attached hydrogens (tertiary/aromatic N) is 1. The number of amides is 1. The van der Waals surface area contributed by atoms with Crippen molar-refractivity contribution in [3.05, 3.63) is 35.9 Å². The summed E-state index contributed by atoms with van der Waals surface area (Å²) in [5.74, 6) is -0.243. The van der Waals surface area contributed by atoms with Gasteiger partial charge in [-0.1, -0.05) is 62.9 Å². The summed E-state index contributed by atoms with van der Waals surface area (Å²) in [4.78, 5) is 25.5. The number of aryl methyl sites for hydroxylation is 1. The van der Waals surface area contributed by atoms with Gasteiger partial charge < -0.3 is 4.74 Å². The first-order valence-corrected chi connectivity index (χ1v) is 8.73. The van der Waals surface area contributed by atoms with Gasteiger partial charge in [-0.2, -0.15) is 0 Å². The van der Waals surface area contributed by atoms with Crippen molar-refractivity contribution in [3.63, 3.8) is 0 Å². The fourth-order valence-electron chi connectivity index (χ4n) is 2.92. The summed E-state index contributed by atoms with van der Waals surface area (Å²) in [6, 6.07) is 10.1. The zero-order valence-electron chi connectivity index (χ0n) is 14.0. The van der Waals surface area contributed by atoms with E-state index in [0.717, 1.165) is 19.3 Å². The van der Waals surface area contributed by atoms with Gasteiger partial charge in [0, 0.05) is 12.8 Å². The standard InChI is InChI=1S/C19H27NO3/c1-2-3-4-5-9-12-17(21)20-15-19(22)23-18(20)14-13-16-10-7-6-8-11-16/h6-8,10-11,18H,2-5,9,12-15H2,1H3. The van der Waals surface area contributed by atoms with Crippen LogP contribution in [0.15, 0.2) is 30.3 Å². The van der Waals surface area contributed by atoms with Crippen LogP contribution in [0.5, 0.6) is 0 Å². The minimum absolute atomic E-state index is 0.0467. The quantitative estimate of drug-likeness (QED) is 0.515. The number of cyclic esters (lactones) is 1. The Morgan fingerprint density at radius 1 is 1.17 bits per heavy atom. The number of ether oxygens (including phenoxy) is 1. The zero-order chi connectivity index (χ0) is 16.5. The molecule has 0 aliphatic carbocycles. The Hall–Kier alpha value is -1.84. The monoisotopic (exact) mass is 317 g/mol. The Bertz CT molecular complexity index is 501. The number of carbonyl (C=O) groups excluding carboxylic acids is 2. The van der Waals surface area contributed by atoms with Crippen LogP contribution in [0.2, 0.25) is 0 Å². The Morgan fingerprint density at radius 2 is 1.91 bits per heavy atom. The van der Waals surface area contributed by atoms with Crippen molar-refractivity contribution in [2.75, 3.05) is 6.54 Å². The zero-order valence-corrected chi connectivity index (χ0v) is 14.0. The predicted octanol–water partition coefficient (Wildman–Crippen LogP) is 3.69. The molecule has 23 heavy (non-hydrogen) atoms. The van der Waals surface area contributed by atoms with E-state index in [4.69, 9.17) is 4.74 Å². The van der Waals surface area contributed by atoms with E-state index in [0.29, 0.717) is 12.8 Å². The summed E-state index contributed by atoms with van der Waals surface area (Å²) in [7, 11) is 0. The molecule has 0 radical (unpaired) electrons. The largest absolute Gasteiger partial charge is 0.440 e. The fourth-order valence-corrected chi connectivity index (χ4v) is 2.92. The van der Waals surface area contributed by atoms with Crippen molar-refractivity contribution in [2.45, 2.75) is 64.5 Å². The summed E-state index contributed by atoms with van der Waals surface area (Å²) in [5, 5.41) is 0. The van der Waals surface area contributed by atoms with Crippen molar-refractivity contribution in [2.24, 2.45) is 0 Å². The summed E-state index contributed by atoms with van der Waals surface area (Å²) >= 11 is 0. The molecule has 2 rings (SSSR count). The third kappa shape index (κ3) is 5.70. The molecule has 0 saturated carbocycles. The maximum atomic E-state index is 12.3. The van der Waals surface area contributed by atoms with Crippen molar-refractivity contribution in [1.82, 2.24) is 4.90 Å². The number of unbranched alkanes of at least 4 members (excludes halogenated alkanes) is 4. The lowest BCUT2D eigenvalue weighted by Gasteiger charge is -2.21. The molecule has 1 saturated heterocycles. The van der Waals surface area contributed by atoms with Crippen molar-refractivity contribution in [3.8, 4) is 0 Å². The van der Waals surface area contributed by atoms with Gasteiger partial charge in [-0.25, -0.2) is 0 Å². The second kappa shape index (κ2) is 9.33. The highest BCUT2D eigenvalue weighted by atomic mass is 16.6. The third-order valence-electron chi connectivity index (χ3n) is 4.25. The van der Waals surface area contributed by atoms with Crippen molar-refractivity contribution in [1.29, 1.82) is 0 Å². The summed E-state index contributed by atoms with van der Waals surface area (Å²) in [5.41, 5.74) is 1.20. The van der Waals surface area contributed by atoms with E-state index in [1.54, 1.807) is 4.90 Å². The van der Waals surface area contributed by atoms with E-state index in [-0.39, 0.29) is 18.4 Å². The van der Waals surface area contributed by atoms with Gasteiger partial charge in [0.25, 0.3) is 0 Å². The van der Waals surface area contributed by atoms with Crippen LogP contribution in [0, 0.1) is 0 Å². The lowest BCUT2D eigenvalue weighted by molar-refractivity contribution is -0.143. The molecule has 0 aromatic heterocycles. The number of benzene rings is 1. The first-order valence-electron chi connectivity index (χ1n) is 8.73. The molecule has 1 aliphatic heterocycles. The Balaban J connectivity index is 1.79. The van der Waals surface area contributed by atoms with Crippen LogP contribution in [0.1, 0.15) is 57.4 Å². The molecule has 0 N–H and O–H groups in total. The molecule has 1 aromatic rings. The van der Waals surface area contributed by atoms with E-state index in [1.807, 2.05) is 18.2 Å². The molecular weight excluding hydrogens is 290 g/mol. The molecular formula is C19H27NO3. The van der Waals surface area contributed by atoms with Crippen LogP contribution in [0.3, 0.4) is 0 Å². The minimum atomic E-state index is -0.397. The molecule has 1 atom stereocenters. The summed E-state index contributed by atoms with van der Waals surface area (Å²) in [6.45, 7) is 2.28. The molecule has 1 heterocycles. The maximum Gasteiger partial charge on any atom is 0.327 e. The van der Waals surface area contributed by atoms with Crippen LogP contribution in [0.4, 0.5) is 0 Å². The smallest absolute Gasteiger partial charge is 0.327 e. The molecule has 1 unspecified atom stereocenters. The topological polar surface area (TPSA) is 46.6 Å². The van der Waals surface area contributed by atoms with Gasteiger partial charge in [-0.15, -0.1) is 0 Å². The Labute approximate surface area is 138 Å². The predicted molar refractivity (Wildman–Crippen MR) is 89.7 cm³/mol. The third-order valence-corrected chi connectivity index (χ3v) is 4.25. The number of hydrogen-bond acceptors (Lipinski definition) is 3. The lowest BCUT2D eigenvalue weighted by atomic mass is 10.1. The molecule has 1 aliphatic rings. The van der Waals surface area contributed by atoms with Gasteiger partial charge in [0.15, 0.2) is 6.23 Å². The van der Waals surface area contributed by atoms with E-state index in [2.05, 4.69) is 19.1 Å². The minimum Gasteiger partial charge on any atom is -0.440 e. The van der Waals surface area contributed by atoms with Crippen molar-refractivity contribution < 1.29 is 14.3 Å². The molecule has 126 valence electrons. The van der Waals surface area contributed by atoms with Crippen LogP contribution < -0.4 is 0 Å². The van der Waals surface area contributed by atoms with E-state index in [1.165, 1.54) is 24.8 Å². The number of rotatable bonds is 9. The van der Waals surface area contributed by atoms with Gasteiger partial charge in [0.1, 0.15) is 6.54 Å². The average Bonchev–Trinajstić information content (AvgIpc) is 2.94. The van der Waals surface area contributed by atoms with Crippen LogP contribution >= 0.6 is 0 Å². The van der Waals surface area contributed by atoms with Gasteiger partial charge >= 0.3 is 5.97 Å². The van der Waals surface area contributed by atoms with Gasteiger partial charge in [0.05, 0.1) is 0 Å². The SMILES string of the molecule is CCCCCCCC(=O)N1CC(=O)OC1CCc1ccccc1. The van der Waals surface area contributed by atoms with Gasteiger partial charge in [-0.3, -0.25) is 14.5 Å². The second-order valence-electron chi connectivity index (χ2n) is 6.15. The van der Waals surface area contributed by atoms with Gasteiger partial charge in [-0.05, 0) is 18.4 Å². The number of hydrogen-bond donors (Lipinski definition) is 0.